The van der Waals surface area contributed by atoms with Crippen LogP contribution in [-0.4, -0.2) is 19.8 Å². The van der Waals surface area contributed by atoms with Crippen LogP contribution >= 0.6 is 11.6 Å². The van der Waals surface area contributed by atoms with Gasteiger partial charge in [0.25, 0.3) is 0 Å². The number of hydrogen-bond acceptors (Lipinski definition) is 3. The average molecular weight is 314 g/mol. The Labute approximate surface area is 133 Å². The Balaban J connectivity index is 2.84. The van der Waals surface area contributed by atoms with Gasteiger partial charge in [0.2, 0.25) is 0 Å². The molecule has 3 nitrogen and oxygen atoms in total. The fourth-order valence-electron chi connectivity index (χ4n) is 1.94. The van der Waals surface area contributed by atoms with E-state index in [2.05, 4.69) is 27.7 Å². The Bertz CT molecular complexity index is 455. The van der Waals surface area contributed by atoms with Crippen molar-refractivity contribution in [3.05, 3.63) is 22.7 Å². The van der Waals surface area contributed by atoms with E-state index in [0.717, 1.165) is 24.8 Å². The molecule has 0 aliphatic rings. The molecule has 2 N–H and O–H groups in total. The summed E-state index contributed by atoms with van der Waals surface area (Å²) >= 11 is 6.34. The summed E-state index contributed by atoms with van der Waals surface area (Å²) in [4.78, 5) is 0. The van der Waals surface area contributed by atoms with Crippen LogP contribution in [0.5, 0.6) is 11.5 Å². The SMILES string of the molecule is CCC(N)Cc1cc(Cl)c(OCCC(C)(C)C)c(OC)c1. The number of nitrogens with two attached hydrogens (primary N) is 1. The van der Waals surface area contributed by atoms with Gasteiger partial charge in [-0.1, -0.05) is 39.3 Å². The molecule has 0 heterocycles. The minimum atomic E-state index is 0.137. The number of hydrogen-bond donors (Lipinski definition) is 1. The molecule has 0 aliphatic heterocycles. The molecule has 0 amide bonds. The Kier molecular flexibility index (Phi) is 6.82. The highest BCUT2D eigenvalue weighted by Gasteiger charge is 2.15. The van der Waals surface area contributed by atoms with E-state index in [0.29, 0.717) is 23.1 Å². The summed E-state index contributed by atoms with van der Waals surface area (Å²) in [6.07, 6.45) is 2.67. The monoisotopic (exact) mass is 313 g/mol. The number of methoxy groups -OCH3 is 1. The van der Waals surface area contributed by atoms with Crippen molar-refractivity contribution in [3.63, 3.8) is 0 Å². The van der Waals surface area contributed by atoms with Crippen LogP contribution in [0.15, 0.2) is 12.1 Å². The quantitative estimate of drug-likeness (QED) is 0.809. The van der Waals surface area contributed by atoms with Gasteiger partial charge in [-0.15, -0.1) is 0 Å². The van der Waals surface area contributed by atoms with Crippen LogP contribution in [0.3, 0.4) is 0 Å². The molecule has 0 saturated heterocycles. The maximum Gasteiger partial charge on any atom is 0.179 e. The van der Waals surface area contributed by atoms with Crippen LogP contribution in [0.25, 0.3) is 0 Å². The predicted molar refractivity (Wildman–Crippen MR) is 89.5 cm³/mol. The first kappa shape index (κ1) is 18.1. The van der Waals surface area contributed by atoms with Gasteiger partial charge in [0.15, 0.2) is 11.5 Å². The minimum Gasteiger partial charge on any atom is -0.493 e. The van der Waals surface area contributed by atoms with Crippen molar-refractivity contribution >= 4 is 11.6 Å². The van der Waals surface area contributed by atoms with E-state index in [1.165, 1.54) is 0 Å². The summed E-state index contributed by atoms with van der Waals surface area (Å²) in [5.74, 6) is 1.30. The topological polar surface area (TPSA) is 44.5 Å². The molecular formula is C17H28ClNO2. The number of halogens is 1. The lowest BCUT2D eigenvalue weighted by Crippen LogP contribution is -2.21. The first-order chi connectivity index (χ1) is 9.76. The molecule has 0 spiro atoms. The van der Waals surface area contributed by atoms with Gasteiger partial charge in [0.05, 0.1) is 18.7 Å². The third kappa shape index (κ3) is 6.15. The fraction of sp³-hybridized carbons (Fsp3) is 0.647. The first-order valence-electron chi connectivity index (χ1n) is 7.51. The molecule has 0 aliphatic carbocycles. The summed E-state index contributed by atoms with van der Waals surface area (Å²) in [7, 11) is 1.63. The molecule has 0 bridgehead atoms. The van der Waals surface area contributed by atoms with Gasteiger partial charge in [-0.05, 0) is 42.4 Å². The summed E-state index contributed by atoms with van der Waals surface area (Å²) in [6.45, 7) is 9.25. The molecule has 0 fully saturated rings. The normalized spacial score (nSPS) is 13.1. The van der Waals surface area contributed by atoms with Crippen LogP contribution in [0.2, 0.25) is 5.02 Å². The third-order valence-electron chi connectivity index (χ3n) is 3.41. The molecule has 120 valence electrons. The van der Waals surface area contributed by atoms with Crippen LogP contribution in [-0.2, 0) is 6.42 Å². The molecule has 0 radical (unpaired) electrons. The molecular weight excluding hydrogens is 286 g/mol. The van der Waals surface area contributed by atoms with Crippen molar-refractivity contribution in [2.24, 2.45) is 11.1 Å². The second-order valence-electron chi connectivity index (χ2n) is 6.64. The van der Waals surface area contributed by atoms with E-state index < -0.39 is 0 Å². The second-order valence-corrected chi connectivity index (χ2v) is 7.05. The van der Waals surface area contributed by atoms with Crippen molar-refractivity contribution in [1.29, 1.82) is 0 Å². The summed E-state index contributed by atoms with van der Waals surface area (Å²) < 4.78 is 11.2. The van der Waals surface area contributed by atoms with Crippen LogP contribution in [0.1, 0.15) is 46.1 Å². The maximum atomic E-state index is 6.34. The van der Waals surface area contributed by atoms with Gasteiger partial charge in [-0.3, -0.25) is 0 Å². The Morgan fingerprint density at radius 1 is 1.29 bits per heavy atom. The van der Waals surface area contributed by atoms with Gasteiger partial charge in [0, 0.05) is 6.04 Å². The molecule has 1 atom stereocenters. The van der Waals surface area contributed by atoms with Crippen molar-refractivity contribution < 1.29 is 9.47 Å². The Morgan fingerprint density at radius 3 is 2.48 bits per heavy atom. The van der Waals surface area contributed by atoms with Crippen molar-refractivity contribution in [3.8, 4) is 11.5 Å². The minimum absolute atomic E-state index is 0.137. The van der Waals surface area contributed by atoms with Crippen LogP contribution in [0.4, 0.5) is 0 Å². The van der Waals surface area contributed by atoms with Gasteiger partial charge in [-0.2, -0.15) is 0 Å². The van der Waals surface area contributed by atoms with Gasteiger partial charge in [0.1, 0.15) is 0 Å². The maximum absolute atomic E-state index is 6.34. The van der Waals surface area contributed by atoms with E-state index in [1.54, 1.807) is 7.11 Å². The summed E-state index contributed by atoms with van der Waals surface area (Å²) in [6, 6.07) is 4.03. The smallest absolute Gasteiger partial charge is 0.179 e. The molecule has 1 rings (SSSR count). The molecule has 21 heavy (non-hydrogen) atoms. The van der Waals surface area contributed by atoms with E-state index in [9.17, 15) is 0 Å². The molecule has 4 heteroatoms. The van der Waals surface area contributed by atoms with Gasteiger partial charge in [-0.25, -0.2) is 0 Å². The standard InChI is InChI=1S/C17H28ClNO2/c1-6-13(19)9-12-10-14(18)16(15(11-12)20-5)21-8-7-17(2,3)4/h10-11,13H,6-9,19H2,1-5H3. The Morgan fingerprint density at radius 2 is 1.95 bits per heavy atom. The van der Waals surface area contributed by atoms with Gasteiger partial charge < -0.3 is 15.2 Å². The molecule has 1 aromatic carbocycles. The molecule has 1 unspecified atom stereocenters. The van der Waals surface area contributed by atoms with E-state index >= 15 is 0 Å². The van der Waals surface area contributed by atoms with Crippen molar-refractivity contribution in [1.82, 2.24) is 0 Å². The lowest BCUT2D eigenvalue weighted by molar-refractivity contribution is 0.234. The Hall–Kier alpha value is -0.930. The zero-order valence-corrected chi connectivity index (χ0v) is 14.6. The largest absolute Gasteiger partial charge is 0.493 e. The highest BCUT2D eigenvalue weighted by atomic mass is 35.5. The highest BCUT2D eigenvalue weighted by molar-refractivity contribution is 6.32. The van der Waals surface area contributed by atoms with E-state index in [4.69, 9.17) is 26.8 Å². The van der Waals surface area contributed by atoms with Gasteiger partial charge >= 0.3 is 0 Å². The predicted octanol–water partition coefficient (Wildman–Crippen LogP) is 4.44. The van der Waals surface area contributed by atoms with Crippen molar-refractivity contribution in [2.45, 2.75) is 53.0 Å². The van der Waals surface area contributed by atoms with Crippen LogP contribution in [0, 0.1) is 5.41 Å². The molecule has 0 aromatic heterocycles. The average Bonchev–Trinajstić information content (AvgIpc) is 2.39. The molecule has 0 saturated carbocycles. The fourth-order valence-corrected chi connectivity index (χ4v) is 2.23. The number of rotatable bonds is 7. The molecule has 1 aromatic rings. The van der Waals surface area contributed by atoms with E-state index in [1.807, 2.05) is 12.1 Å². The zero-order chi connectivity index (χ0) is 16.0. The summed E-state index contributed by atoms with van der Waals surface area (Å²) in [5, 5.41) is 0.585. The van der Waals surface area contributed by atoms with Crippen LogP contribution < -0.4 is 15.2 Å². The third-order valence-corrected chi connectivity index (χ3v) is 3.69. The summed E-state index contributed by atoms with van der Waals surface area (Å²) in [5.41, 5.74) is 7.31. The van der Waals surface area contributed by atoms with Crippen molar-refractivity contribution in [2.75, 3.05) is 13.7 Å². The lowest BCUT2D eigenvalue weighted by atomic mass is 9.93. The lowest BCUT2D eigenvalue weighted by Gasteiger charge is -2.20. The first-order valence-corrected chi connectivity index (χ1v) is 7.89. The number of ether oxygens (including phenoxy) is 2. The zero-order valence-electron chi connectivity index (χ0n) is 13.8. The van der Waals surface area contributed by atoms with E-state index in [-0.39, 0.29) is 11.5 Å². The number of benzene rings is 1. The highest BCUT2D eigenvalue weighted by Crippen LogP contribution is 2.37. The second kappa shape index (κ2) is 7.90.